The number of carbonyl (C=O) groups excluding carboxylic acids is 1. The van der Waals surface area contributed by atoms with Gasteiger partial charge in [-0.05, 0) is 32.4 Å². The van der Waals surface area contributed by atoms with E-state index in [-0.39, 0.29) is 5.91 Å². The molecule has 0 aliphatic heterocycles. The van der Waals surface area contributed by atoms with Crippen LogP contribution in [0.5, 0.6) is 11.5 Å². The van der Waals surface area contributed by atoms with Crippen molar-refractivity contribution in [1.82, 2.24) is 0 Å². The van der Waals surface area contributed by atoms with Crippen molar-refractivity contribution in [1.29, 1.82) is 0 Å². The van der Waals surface area contributed by atoms with Crippen LogP contribution >= 0.6 is 0 Å². The van der Waals surface area contributed by atoms with Crippen molar-refractivity contribution in [3.8, 4) is 11.5 Å². The van der Waals surface area contributed by atoms with Crippen molar-refractivity contribution in [2.24, 2.45) is 5.73 Å². The Morgan fingerprint density at radius 1 is 1.26 bits per heavy atom. The molecule has 0 saturated heterocycles. The molecule has 5 heteroatoms. The zero-order chi connectivity index (χ0) is 14.3. The molecule has 0 spiro atoms. The van der Waals surface area contributed by atoms with Gasteiger partial charge in [-0.25, -0.2) is 0 Å². The van der Waals surface area contributed by atoms with Gasteiger partial charge in [0.2, 0.25) is 5.91 Å². The Morgan fingerprint density at radius 3 is 2.53 bits per heavy atom. The summed E-state index contributed by atoms with van der Waals surface area (Å²) in [6.07, 6.45) is 0.584. The van der Waals surface area contributed by atoms with E-state index >= 15 is 0 Å². The molecule has 0 aliphatic carbocycles. The molecular formula is C14H22N2O3. The van der Waals surface area contributed by atoms with Gasteiger partial charge in [-0.2, -0.15) is 0 Å². The van der Waals surface area contributed by atoms with E-state index < -0.39 is 6.04 Å². The number of nitrogens with one attached hydrogen (secondary N) is 1. The van der Waals surface area contributed by atoms with E-state index in [4.69, 9.17) is 15.2 Å². The first-order chi connectivity index (χ1) is 9.12. The van der Waals surface area contributed by atoms with Crippen molar-refractivity contribution in [3.05, 3.63) is 18.2 Å². The van der Waals surface area contributed by atoms with E-state index in [9.17, 15) is 4.79 Å². The smallest absolute Gasteiger partial charge is 0.241 e. The molecular weight excluding hydrogens is 244 g/mol. The molecule has 5 nitrogen and oxygen atoms in total. The van der Waals surface area contributed by atoms with E-state index in [1.54, 1.807) is 12.1 Å². The molecule has 0 aliphatic rings. The molecule has 1 aromatic rings. The number of hydrogen-bond acceptors (Lipinski definition) is 4. The lowest BCUT2D eigenvalue weighted by Crippen LogP contribution is -2.34. The number of ether oxygens (including phenoxy) is 2. The number of nitrogens with two attached hydrogens (primary N) is 1. The van der Waals surface area contributed by atoms with Crippen LogP contribution in [0.1, 0.15) is 27.2 Å². The molecule has 0 heterocycles. The molecule has 1 amide bonds. The van der Waals surface area contributed by atoms with Gasteiger partial charge in [-0.1, -0.05) is 6.92 Å². The Balaban J connectivity index is 2.93. The third kappa shape index (κ3) is 4.44. The maximum Gasteiger partial charge on any atom is 0.241 e. The number of amides is 1. The predicted molar refractivity (Wildman–Crippen MR) is 75.7 cm³/mol. The first-order valence-electron chi connectivity index (χ1n) is 6.58. The largest absolute Gasteiger partial charge is 0.494 e. The molecule has 1 atom stereocenters. The Bertz CT molecular complexity index is 421. The molecule has 0 radical (unpaired) electrons. The predicted octanol–water partition coefficient (Wildman–Crippen LogP) is 2.16. The summed E-state index contributed by atoms with van der Waals surface area (Å²) in [4.78, 5) is 11.8. The lowest BCUT2D eigenvalue weighted by Gasteiger charge is -2.15. The van der Waals surface area contributed by atoms with Gasteiger partial charge in [0, 0.05) is 6.07 Å². The lowest BCUT2D eigenvalue weighted by molar-refractivity contribution is -0.117. The highest BCUT2D eigenvalue weighted by Crippen LogP contribution is 2.29. The summed E-state index contributed by atoms with van der Waals surface area (Å²) in [6.45, 7) is 6.75. The molecule has 1 rings (SSSR count). The molecule has 19 heavy (non-hydrogen) atoms. The van der Waals surface area contributed by atoms with Gasteiger partial charge in [0.25, 0.3) is 0 Å². The summed E-state index contributed by atoms with van der Waals surface area (Å²) in [5.74, 6) is 1.08. The summed E-state index contributed by atoms with van der Waals surface area (Å²) in [6, 6.07) is 4.81. The van der Waals surface area contributed by atoms with Gasteiger partial charge in [0.15, 0.2) is 0 Å². The van der Waals surface area contributed by atoms with Crippen molar-refractivity contribution >= 4 is 11.6 Å². The summed E-state index contributed by atoms with van der Waals surface area (Å²) in [7, 11) is 0. The topological polar surface area (TPSA) is 73.6 Å². The quantitative estimate of drug-likeness (QED) is 0.793. The number of carbonyl (C=O) groups is 1. The third-order valence-electron chi connectivity index (χ3n) is 2.60. The molecule has 1 aromatic carbocycles. The van der Waals surface area contributed by atoms with Gasteiger partial charge < -0.3 is 20.5 Å². The highest BCUT2D eigenvalue weighted by Gasteiger charge is 2.14. The number of benzene rings is 1. The summed E-state index contributed by atoms with van der Waals surface area (Å²) >= 11 is 0. The second-order valence-electron chi connectivity index (χ2n) is 4.03. The van der Waals surface area contributed by atoms with Crippen molar-refractivity contribution in [3.63, 3.8) is 0 Å². The van der Waals surface area contributed by atoms with E-state index in [1.165, 1.54) is 0 Å². The monoisotopic (exact) mass is 266 g/mol. The minimum Gasteiger partial charge on any atom is -0.494 e. The zero-order valence-corrected chi connectivity index (χ0v) is 11.7. The van der Waals surface area contributed by atoms with Gasteiger partial charge in [0.05, 0.1) is 24.9 Å². The first-order valence-corrected chi connectivity index (χ1v) is 6.58. The maximum absolute atomic E-state index is 11.8. The normalized spacial score (nSPS) is 11.8. The average molecular weight is 266 g/mol. The molecule has 0 bridgehead atoms. The summed E-state index contributed by atoms with van der Waals surface area (Å²) in [5, 5.41) is 2.78. The first kappa shape index (κ1) is 15.3. The van der Waals surface area contributed by atoms with Crippen LogP contribution in [0, 0.1) is 0 Å². The highest BCUT2D eigenvalue weighted by molar-refractivity contribution is 5.96. The molecule has 106 valence electrons. The Morgan fingerprint density at radius 2 is 1.95 bits per heavy atom. The Labute approximate surface area is 114 Å². The fraction of sp³-hybridized carbons (Fsp3) is 0.500. The maximum atomic E-state index is 11.8. The number of hydrogen-bond donors (Lipinski definition) is 2. The average Bonchev–Trinajstić information content (AvgIpc) is 2.41. The minimum absolute atomic E-state index is 0.225. The molecule has 0 fully saturated rings. The van der Waals surface area contributed by atoms with Crippen LogP contribution in [0.15, 0.2) is 18.2 Å². The molecule has 3 N–H and O–H groups in total. The SMILES string of the molecule is CCOc1ccc(OCC)c(NC(=O)[C@@H](N)CC)c1. The fourth-order valence-electron chi connectivity index (χ4n) is 1.56. The molecule has 0 unspecified atom stereocenters. The second-order valence-corrected chi connectivity index (χ2v) is 4.03. The van der Waals surface area contributed by atoms with Gasteiger partial charge in [-0.15, -0.1) is 0 Å². The van der Waals surface area contributed by atoms with Gasteiger partial charge >= 0.3 is 0 Å². The van der Waals surface area contributed by atoms with Crippen LogP contribution < -0.4 is 20.5 Å². The van der Waals surface area contributed by atoms with Crippen molar-refractivity contribution in [2.75, 3.05) is 18.5 Å². The standard InChI is InChI=1S/C14H22N2O3/c1-4-11(15)14(17)16-12-9-10(18-5-2)7-8-13(12)19-6-3/h7-9,11H,4-6,15H2,1-3H3,(H,16,17)/t11-/m0/s1. The minimum atomic E-state index is -0.523. The van der Waals surface area contributed by atoms with Gasteiger partial charge in [-0.3, -0.25) is 4.79 Å². The van der Waals surface area contributed by atoms with E-state index in [1.807, 2.05) is 26.8 Å². The summed E-state index contributed by atoms with van der Waals surface area (Å²) in [5.41, 5.74) is 6.29. The van der Waals surface area contributed by atoms with E-state index in [0.717, 1.165) is 0 Å². The van der Waals surface area contributed by atoms with Crippen molar-refractivity contribution < 1.29 is 14.3 Å². The lowest BCUT2D eigenvalue weighted by atomic mass is 10.2. The van der Waals surface area contributed by atoms with Crippen LogP contribution in [0.25, 0.3) is 0 Å². The van der Waals surface area contributed by atoms with Crippen LogP contribution in [0.4, 0.5) is 5.69 Å². The zero-order valence-electron chi connectivity index (χ0n) is 11.7. The number of rotatable bonds is 7. The Kier molecular flexibility index (Phi) is 6.15. The van der Waals surface area contributed by atoms with Crippen LogP contribution in [-0.4, -0.2) is 25.2 Å². The Hall–Kier alpha value is -1.75. The molecule has 0 aromatic heterocycles. The second kappa shape index (κ2) is 7.63. The van der Waals surface area contributed by atoms with Gasteiger partial charge in [0.1, 0.15) is 11.5 Å². The van der Waals surface area contributed by atoms with Crippen LogP contribution in [-0.2, 0) is 4.79 Å². The van der Waals surface area contributed by atoms with Crippen molar-refractivity contribution in [2.45, 2.75) is 33.2 Å². The fourth-order valence-corrected chi connectivity index (χ4v) is 1.56. The van der Waals surface area contributed by atoms with E-state index in [2.05, 4.69) is 5.32 Å². The number of anilines is 1. The highest BCUT2D eigenvalue weighted by atomic mass is 16.5. The summed E-state index contributed by atoms with van der Waals surface area (Å²) < 4.78 is 10.9. The van der Waals surface area contributed by atoms with Crippen LogP contribution in [0.3, 0.4) is 0 Å². The third-order valence-corrected chi connectivity index (χ3v) is 2.60. The molecule has 0 saturated carbocycles. The van der Waals surface area contributed by atoms with E-state index in [0.29, 0.717) is 36.8 Å². The van der Waals surface area contributed by atoms with Crippen LogP contribution in [0.2, 0.25) is 0 Å².